The van der Waals surface area contributed by atoms with Crippen molar-refractivity contribution in [1.29, 1.82) is 0 Å². The number of aromatic nitrogens is 1. The first kappa shape index (κ1) is 12.1. The Morgan fingerprint density at radius 2 is 2.06 bits per heavy atom. The largest absolute Gasteiger partial charge is 0.493 e. The highest BCUT2D eigenvalue weighted by atomic mass is 32.1. The molecule has 90 valence electrons. The van der Waals surface area contributed by atoms with E-state index >= 15 is 0 Å². The minimum absolute atomic E-state index is 0.716. The number of nitrogens with zero attached hydrogens (tertiary/aromatic N) is 1. The van der Waals surface area contributed by atoms with Gasteiger partial charge in [-0.3, -0.25) is 0 Å². The average Bonchev–Trinajstić information content (AvgIpc) is 2.71. The third kappa shape index (κ3) is 2.86. The molecule has 0 unspecified atom stereocenters. The summed E-state index contributed by atoms with van der Waals surface area (Å²) in [4.78, 5) is 5.55. The number of hydrogen-bond donors (Lipinski definition) is 0. The quantitative estimate of drug-likeness (QED) is 0.822. The fourth-order valence-electron chi connectivity index (χ4n) is 1.70. The molecule has 0 fully saturated rings. The number of aryl methyl sites for hydroxylation is 2. The van der Waals surface area contributed by atoms with Crippen molar-refractivity contribution >= 4 is 11.3 Å². The summed E-state index contributed by atoms with van der Waals surface area (Å²) in [5, 5.41) is 0. The van der Waals surface area contributed by atoms with Gasteiger partial charge in [0.15, 0.2) is 0 Å². The van der Waals surface area contributed by atoms with Gasteiger partial charge in [-0.1, -0.05) is 12.1 Å². The lowest BCUT2D eigenvalue weighted by atomic mass is 10.1. The van der Waals surface area contributed by atoms with Crippen LogP contribution in [0.5, 0.6) is 5.75 Å². The maximum atomic E-state index is 5.82. The molecule has 0 spiro atoms. The minimum Gasteiger partial charge on any atom is -0.493 e. The molecule has 0 aliphatic heterocycles. The van der Waals surface area contributed by atoms with Crippen molar-refractivity contribution in [2.24, 2.45) is 0 Å². The van der Waals surface area contributed by atoms with Crippen LogP contribution in [0.2, 0.25) is 0 Å². The Morgan fingerprint density at radius 3 is 2.76 bits per heavy atom. The molecule has 3 heteroatoms. The number of hydrogen-bond acceptors (Lipinski definition) is 3. The Kier molecular flexibility index (Phi) is 3.79. The number of rotatable bonds is 4. The smallest absolute Gasteiger partial charge is 0.122 e. The highest BCUT2D eigenvalue weighted by Gasteiger charge is 2.04. The summed E-state index contributed by atoms with van der Waals surface area (Å²) in [5.41, 5.74) is 5.52. The molecule has 0 saturated carbocycles. The molecular formula is C14H17NOS. The highest BCUT2D eigenvalue weighted by Crippen LogP contribution is 2.21. The van der Waals surface area contributed by atoms with Crippen molar-refractivity contribution < 1.29 is 4.74 Å². The minimum atomic E-state index is 0.716. The Hall–Kier alpha value is -1.35. The van der Waals surface area contributed by atoms with Gasteiger partial charge in [-0.05, 0) is 38.0 Å². The van der Waals surface area contributed by atoms with Crippen LogP contribution in [-0.2, 0) is 6.42 Å². The Balaban J connectivity index is 1.95. The lowest BCUT2D eigenvalue weighted by Gasteiger charge is -2.10. The maximum Gasteiger partial charge on any atom is 0.122 e. The van der Waals surface area contributed by atoms with E-state index in [0.717, 1.165) is 17.9 Å². The lowest BCUT2D eigenvalue weighted by Crippen LogP contribution is -2.02. The van der Waals surface area contributed by atoms with Crippen LogP contribution in [0, 0.1) is 20.8 Å². The van der Waals surface area contributed by atoms with Gasteiger partial charge in [-0.25, -0.2) is 4.98 Å². The van der Waals surface area contributed by atoms with Crippen molar-refractivity contribution in [2.45, 2.75) is 27.2 Å². The van der Waals surface area contributed by atoms with Crippen LogP contribution in [-0.4, -0.2) is 11.6 Å². The summed E-state index contributed by atoms with van der Waals surface area (Å²) in [6, 6.07) is 6.17. The Labute approximate surface area is 106 Å². The summed E-state index contributed by atoms with van der Waals surface area (Å²) in [6.45, 7) is 6.97. The molecule has 0 amide bonds. The topological polar surface area (TPSA) is 22.1 Å². The van der Waals surface area contributed by atoms with Crippen LogP contribution in [0.3, 0.4) is 0 Å². The first-order chi connectivity index (χ1) is 8.18. The molecule has 0 atom stereocenters. The van der Waals surface area contributed by atoms with E-state index in [1.165, 1.54) is 16.0 Å². The van der Waals surface area contributed by atoms with E-state index < -0.39 is 0 Å². The predicted octanol–water partition coefficient (Wildman–Crippen LogP) is 3.69. The third-order valence-electron chi connectivity index (χ3n) is 2.99. The van der Waals surface area contributed by atoms with Crippen molar-refractivity contribution in [1.82, 2.24) is 4.98 Å². The van der Waals surface area contributed by atoms with E-state index in [4.69, 9.17) is 4.74 Å². The van der Waals surface area contributed by atoms with Gasteiger partial charge in [0.1, 0.15) is 5.75 Å². The van der Waals surface area contributed by atoms with Crippen LogP contribution in [0.1, 0.15) is 21.7 Å². The average molecular weight is 247 g/mol. The van der Waals surface area contributed by atoms with Crippen LogP contribution >= 0.6 is 11.3 Å². The van der Waals surface area contributed by atoms with E-state index in [2.05, 4.69) is 24.9 Å². The van der Waals surface area contributed by atoms with Gasteiger partial charge in [0.25, 0.3) is 0 Å². The molecule has 0 N–H and O–H groups in total. The Morgan fingerprint density at radius 1 is 1.24 bits per heavy atom. The molecule has 0 radical (unpaired) electrons. The summed E-state index contributed by atoms with van der Waals surface area (Å²) in [6.07, 6.45) is 0.934. The number of thiazole rings is 1. The van der Waals surface area contributed by atoms with Crippen molar-refractivity contribution in [3.63, 3.8) is 0 Å². The molecule has 1 heterocycles. The lowest BCUT2D eigenvalue weighted by molar-refractivity contribution is 0.320. The molecule has 17 heavy (non-hydrogen) atoms. The molecule has 0 aliphatic rings. The number of benzene rings is 1. The predicted molar refractivity (Wildman–Crippen MR) is 72.0 cm³/mol. The maximum absolute atomic E-state index is 5.82. The fraction of sp³-hybridized carbons (Fsp3) is 0.357. The van der Waals surface area contributed by atoms with Crippen molar-refractivity contribution in [3.8, 4) is 5.75 Å². The summed E-state index contributed by atoms with van der Waals surface area (Å²) in [5.74, 6) is 0.993. The van der Waals surface area contributed by atoms with Gasteiger partial charge in [0.2, 0.25) is 0 Å². The Bertz CT molecular complexity index is 505. The van der Waals surface area contributed by atoms with Crippen molar-refractivity contribution in [2.75, 3.05) is 6.61 Å². The molecule has 2 nitrogen and oxygen atoms in total. The van der Waals surface area contributed by atoms with Crippen LogP contribution in [0.15, 0.2) is 23.7 Å². The van der Waals surface area contributed by atoms with E-state index in [1.54, 1.807) is 11.3 Å². The summed E-state index contributed by atoms with van der Waals surface area (Å²) < 4.78 is 5.82. The number of ether oxygens (including phenoxy) is 1. The SMILES string of the molecule is Cc1cccc(OCCc2scnc2C)c1C. The van der Waals surface area contributed by atoms with Gasteiger partial charge in [0, 0.05) is 11.3 Å². The monoisotopic (exact) mass is 247 g/mol. The van der Waals surface area contributed by atoms with E-state index in [0.29, 0.717) is 6.61 Å². The van der Waals surface area contributed by atoms with Gasteiger partial charge in [-0.2, -0.15) is 0 Å². The fourth-order valence-corrected chi connectivity index (χ4v) is 2.46. The highest BCUT2D eigenvalue weighted by molar-refractivity contribution is 7.09. The van der Waals surface area contributed by atoms with Gasteiger partial charge in [-0.15, -0.1) is 11.3 Å². The molecule has 1 aromatic heterocycles. The van der Waals surface area contributed by atoms with Crippen LogP contribution in [0.4, 0.5) is 0 Å². The zero-order valence-electron chi connectivity index (χ0n) is 10.5. The third-order valence-corrected chi connectivity index (χ3v) is 3.98. The van der Waals surface area contributed by atoms with Gasteiger partial charge >= 0.3 is 0 Å². The first-order valence-electron chi connectivity index (χ1n) is 5.76. The second kappa shape index (κ2) is 5.32. The second-order valence-corrected chi connectivity index (χ2v) is 5.10. The molecule has 0 bridgehead atoms. The normalized spacial score (nSPS) is 10.5. The zero-order chi connectivity index (χ0) is 12.3. The molecule has 0 saturated heterocycles. The second-order valence-electron chi connectivity index (χ2n) is 4.16. The van der Waals surface area contributed by atoms with E-state index in [1.807, 2.05) is 24.6 Å². The van der Waals surface area contributed by atoms with E-state index in [9.17, 15) is 0 Å². The zero-order valence-corrected chi connectivity index (χ0v) is 11.3. The molecule has 2 aromatic rings. The van der Waals surface area contributed by atoms with Gasteiger partial charge in [0.05, 0.1) is 17.8 Å². The van der Waals surface area contributed by atoms with E-state index in [-0.39, 0.29) is 0 Å². The standard InChI is InChI=1S/C14H17NOS/c1-10-5-4-6-13(11(10)2)16-8-7-14-12(3)15-9-17-14/h4-6,9H,7-8H2,1-3H3. The van der Waals surface area contributed by atoms with Crippen LogP contribution < -0.4 is 4.74 Å². The summed E-state index contributed by atoms with van der Waals surface area (Å²) in [7, 11) is 0. The summed E-state index contributed by atoms with van der Waals surface area (Å²) >= 11 is 1.70. The first-order valence-corrected chi connectivity index (χ1v) is 6.64. The molecule has 2 rings (SSSR count). The van der Waals surface area contributed by atoms with Crippen molar-refractivity contribution in [3.05, 3.63) is 45.4 Å². The molecule has 1 aromatic carbocycles. The van der Waals surface area contributed by atoms with Crippen LogP contribution in [0.25, 0.3) is 0 Å². The molecule has 0 aliphatic carbocycles. The van der Waals surface area contributed by atoms with Gasteiger partial charge < -0.3 is 4.74 Å². The molecular weight excluding hydrogens is 230 g/mol.